The highest BCUT2D eigenvalue weighted by atomic mass is 16.5. The fourth-order valence-electron chi connectivity index (χ4n) is 4.46. The van der Waals surface area contributed by atoms with Crippen LogP contribution in [0.5, 0.6) is 0 Å². The van der Waals surface area contributed by atoms with Crippen LogP contribution in [0.3, 0.4) is 0 Å². The van der Waals surface area contributed by atoms with Gasteiger partial charge in [0.2, 0.25) is 11.8 Å². The van der Waals surface area contributed by atoms with Crippen LogP contribution in [0.2, 0.25) is 0 Å². The molecule has 1 spiro atoms. The van der Waals surface area contributed by atoms with Gasteiger partial charge in [-0.15, -0.1) is 0 Å². The summed E-state index contributed by atoms with van der Waals surface area (Å²) >= 11 is 0. The fraction of sp³-hybridized carbons (Fsp3) is 0.600. The zero-order valence-electron chi connectivity index (χ0n) is 16.3. The fourth-order valence-corrected chi connectivity index (χ4v) is 4.46. The van der Waals surface area contributed by atoms with Gasteiger partial charge in [-0.2, -0.15) is 15.0 Å². The Kier molecular flexibility index (Phi) is 5.30. The minimum Gasteiger partial charge on any atom is -0.383 e. The Balaban J connectivity index is 1.42. The number of carbonyl (C=O) groups is 2. The second kappa shape index (κ2) is 7.87. The minimum absolute atomic E-state index is 0.00216. The third-order valence-corrected chi connectivity index (χ3v) is 5.93. The summed E-state index contributed by atoms with van der Waals surface area (Å²) in [6.45, 7) is 3.48. The van der Waals surface area contributed by atoms with Crippen molar-refractivity contribution in [3.8, 4) is 0 Å². The van der Waals surface area contributed by atoms with Crippen molar-refractivity contribution >= 4 is 22.8 Å². The molecule has 2 aliphatic heterocycles. The number of hydrogen-bond donors (Lipinski definition) is 0. The number of ether oxygens (including phenoxy) is 1. The smallest absolute Gasteiger partial charge is 0.246 e. The van der Waals surface area contributed by atoms with Crippen molar-refractivity contribution < 1.29 is 14.3 Å². The zero-order chi connectivity index (χ0) is 19.6. The van der Waals surface area contributed by atoms with Gasteiger partial charge in [0.25, 0.3) is 0 Å². The summed E-state index contributed by atoms with van der Waals surface area (Å²) in [6.07, 6.45) is 3.42. The highest BCUT2D eigenvalue weighted by Gasteiger charge is 2.42. The molecular weight excluding hydrogens is 358 g/mol. The van der Waals surface area contributed by atoms with Gasteiger partial charge in [0.05, 0.1) is 6.61 Å². The van der Waals surface area contributed by atoms with E-state index in [0.717, 1.165) is 36.8 Å². The molecule has 4 rings (SSSR count). The lowest BCUT2D eigenvalue weighted by atomic mass is 9.73. The predicted molar refractivity (Wildman–Crippen MR) is 103 cm³/mol. The normalized spacial score (nSPS) is 23.0. The Morgan fingerprint density at radius 1 is 1.18 bits per heavy atom. The number of amides is 2. The van der Waals surface area contributed by atoms with Gasteiger partial charge in [-0.1, -0.05) is 12.1 Å². The number of aromatic nitrogens is 3. The van der Waals surface area contributed by atoms with Crippen molar-refractivity contribution in [2.24, 2.45) is 5.41 Å². The maximum absolute atomic E-state index is 12.9. The van der Waals surface area contributed by atoms with Crippen molar-refractivity contribution in [1.82, 2.24) is 24.8 Å². The molecular formula is C20H27N5O3. The third kappa shape index (κ3) is 3.87. The lowest BCUT2D eigenvalue weighted by Gasteiger charge is -2.48. The summed E-state index contributed by atoms with van der Waals surface area (Å²) < 4.78 is 5.14. The van der Waals surface area contributed by atoms with Gasteiger partial charge in [-0.3, -0.25) is 9.59 Å². The highest BCUT2D eigenvalue weighted by molar-refractivity contribution is 5.78. The summed E-state index contributed by atoms with van der Waals surface area (Å²) in [6, 6.07) is 7.62. The second-order valence-corrected chi connectivity index (χ2v) is 7.95. The van der Waals surface area contributed by atoms with Gasteiger partial charge in [0.15, 0.2) is 0 Å². The van der Waals surface area contributed by atoms with E-state index in [4.69, 9.17) is 4.74 Å². The molecule has 0 radical (unpaired) electrons. The highest BCUT2D eigenvalue weighted by Crippen LogP contribution is 2.38. The van der Waals surface area contributed by atoms with Crippen LogP contribution in [0.4, 0.5) is 0 Å². The maximum atomic E-state index is 12.9. The topological polar surface area (TPSA) is 80.6 Å². The molecule has 2 fully saturated rings. The van der Waals surface area contributed by atoms with Gasteiger partial charge in [0, 0.05) is 45.1 Å². The Morgan fingerprint density at radius 3 is 2.64 bits per heavy atom. The lowest BCUT2D eigenvalue weighted by molar-refractivity contribution is -0.144. The predicted octanol–water partition coefficient (Wildman–Crippen LogP) is 1.31. The average Bonchev–Trinajstić information content (AvgIpc) is 3.11. The second-order valence-electron chi connectivity index (χ2n) is 7.95. The van der Waals surface area contributed by atoms with E-state index in [1.54, 1.807) is 7.11 Å². The Bertz CT molecular complexity index is 833. The summed E-state index contributed by atoms with van der Waals surface area (Å²) in [7, 11) is 1.65. The number of hydrogen-bond acceptors (Lipinski definition) is 5. The first-order valence-corrected chi connectivity index (χ1v) is 9.93. The SMILES string of the molecule is COCCN1C[C@@]2(CCCN(C(=O)Cn3nc4ccccc4n3)C2)CCC1=O. The molecule has 28 heavy (non-hydrogen) atoms. The summed E-state index contributed by atoms with van der Waals surface area (Å²) in [5.74, 6) is 0.235. The third-order valence-electron chi connectivity index (χ3n) is 5.93. The number of piperidine rings is 2. The van der Waals surface area contributed by atoms with E-state index in [1.165, 1.54) is 4.80 Å². The number of likely N-dealkylation sites (tertiary alicyclic amines) is 2. The molecule has 1 aromatic heterocycles. The van der Waals surface area contributed by atoms with Crippen LogP contribution in [0.15, 0.2) is 24.3 Å². The van der Waals surface area contributed by atoms with E-state index in [2.05, 4.69) is 10.2 Å². The van der Waals surface area contributed by atoms with E-state index >= 15 is 0 Å². The number of rotatable bonds is 5. The van der Waals surface area contributed by atoms with Crippen LogP contribution in [0.25, 0.3) is 11.0 Å². The molecule has 8 heteroatoms. The first-order valence-electron chi connectivity index (χ1n) is 9.93. The molecule has 2 aliphatic rings. The Labute approximate surface area is 164 Å². The largest absolute Gasteiger partial charge is 0.383 e. The number of benzene rings is 1. The molecule has 0 bridgehead atoms. The van der Waals surface area contributed by atoms with E-state index in [1.807, 2.05) is 34.1 Å². The molecule has 150 valence electrons. The van der Waals surface area contributed by atoms with Crippen molar-refractivity contribution in [2.45, 2.75) is 32.2 Å². The number of nitrogens with zero attached hydrogens (tertiary/aromatic N) is 5. The Morgan fingerprint density at radius 2 is 1.93 bits per heavy atom. The molecule has 1 atom stereocenters. The summed E-state index contributed by atoms with van der Waals surface area (Å²) in [5, 5.41) is 8.80. The standard InChI is InChI=1S/C20H27N5O3/c1-28-12-11-24-15-20(9-7-18(24)26)8-4-10-23(14-20)19(27)13-25-21-16-5-2-3-6-17(16)22-25/h2-3,5-6H,4,7-15H2,1H3/t20-/m0/s1. The quantitative estimate of drug-likeness (QED) is 0.775. The van der Waals surface area contributed by atoms with Crippen molar-refractivity contribution in [3.05, 3.63) is 24.3 Å². The molecule has 8 nitrogen and oxygen atoms in total. The number of carbonyl (C=O) groups excluding carboxylic acids is 2. The molecule has 0 saturated carbocycles. The average molecular weight is 385 g/mol. The van der Waals surface area contributed by atoms with Gasteiger partial charge in [0.1, 0.15) is 17.6 Å². The van der Waals surface area contributed by atoms with Gasteiger partial charge in [-0.05, 0) is 31.4 Å². The van der Waals surface area contributed by atoms with Crippen LogP contribution in [-0.2, 0) is 20.9 Å². The Hall–Kier alpha value is -2.48. The molecule has 0 aliphatic carbocycles. The molecule has 2 saturated heterocycles. The van der Waals surface area contributed by atoms with Crippen molar-refractivity contribution in [1.29, 1.82) is 0 Å². The molecule has 1 aromatic carbocycles. The van der Waals surface area contributed by atoms with Gasteiger partial charge in [-0.25, -0.2) is 0 Å². The molecule has 0 unspecified atom stereocenters. The van der Waals surface area contributed by atoms with Crippen LogP contribution in [0.1, 0.15) is 25.7 Å². The van der Waals surface area contributed by atoms with Crippen molar-refractivity contribution in [3.63, 3.8) is 0 Å². The lowest BCUT2D eigenvalue weighted by Crippen LogP contribution is -2.55. The summed E-state index contributed by atoms with van der Waals surface area (Å²) in [5.41, 5.74) is 1.59. The van der Waals surface area contributed by atoms with Gasteiger partial charge < -0.3 is 14.5 Å². The molecule has 0 N–H and O–H groups in total. The number of fused-ring (bicyclic) bond motifs is 1. The first kappa shape index (κ1) is 18.9. The van der Waals surface area contributed by atoms with Crippen LogP contribution >= 0.6 is 0 Å². The van der Waals surface area contributed by atoms with E-state index < -0.39 is 0 Å². The maximum Gasteiger partial charge on any atom is 0.246 e. The van der Waals surface area contributed by atoms with E-state index in [9.17, 15) is 9.59 Å². The van der Waals surface area contributed by atoms with Gasteiger partial charge >= 0.3 is 0 Å². The van der Waals surface area contributed by atoms with Crippen LogP contribution in [0, 0.1) is 5.41 Å². The molecule has 2 amide bonds. The van der Waals surface area contributed by atoms with Crippen LogP contribution in [-0.4, -0.2) is 76.5 Å². The van der Waals surface area contributed by atoms with Crippen LogP contribution < -0.4 is 0 Å². The number of methoxy groups -OCH3 is 1. The monoisotopic (exact) mass is 385 g/mol. The van der Waals surface area contributed by atoms with Crippen molar-refractivity contribution in [2.75, 3.05) is 39.9 Å². The molecule has 2 aromatic rings. The zero-order valence-corrected chi connectivity index (χ0v) is 16.3. The van der Waals surface area contributed by atoms with E-state index in [0.29, 0.717) is 32.7 Å². The van der Waals surface area contributed by atoms with E-state index in [-0.39, 0.29) is 23.8 Å². The minimum atomic E-state index is -0.00216. The molecule has 3 heterocycles. The first-order chi connectivity index (χ1) is 13.6. The summed E-state index contributed by atoms with van der Waals surface area (Å²) in [4.78, 5) is 30.5.